The first-order valence-electron chi connectivity index (χ1n) is 8.25. The standard InChI is InChI=1S/C17H21FN4O3S/c1-11-16(12(2)21(3)19-11)26(24,25)20-15-8-9-22(17(15)23)10-13-4-6-14(18)7-5-13/h4-7,15,20H,8-10H2,1-3H3. The lowest BCUT2D eigenvalue weighted by Crippen LogP contribution is -2.41. The largest absolute Gasteiger partial charge is 0.337 e. The van der Waals surface area contributed by atoms with Crippen LogP contribution in [-0.4, -0.2) is 41.6 Å². The van der Waals surface area contributed by atoms with Gasteiger partial charge in [-0.2, -0.15) is 9.82 Å². The Labute approximate surface area is 151 Å². The summed E-state index contributed by atoms with van der Waals surface area (Å²) < 4.78 is 42.4. The van der Waals surface area contributed by atoms with Gasteiger partial charge in [0.2, 0.25) is 15.9 Å². The van der Waals surface area contributed by atoms with Crippen molar-refractivity contribution in [3.05, 3.63) is 47.0 Å². The lowest BCUT2D eigenvalue weighted by Gasteiger charge is -2.17. The Bertz CT molecular complexity index is 938. The molecule has 1 unspecified atom stereocenters. The molecule has 1 atom stereocenters. The van der Waals surface area contributed by atoms with Crippen molar-refractivity contribution in [3.8, 4) is 0 Å². The van der Waals surface area contributed by atoms with Crippen molar-refractivity contribution in [2.75, 3.05) is 6.54 Å². The van der Waals surface area contributed by atoms with E-state index in [1.807, 2.05) is 0 Å². The van der Waals surface area contributed by atoms with Crippen LogP contribution in [0.25, 0.3) is 0 Å². The van der Waals surface area contributed by atoms with E-state index in [2.05, 4.69) is 9.82 Å². The van der Waals surface area contributed by atoms with Crippen LogP contribution >= 0.6 is 0 Å². The number of hydrogen-bond donors (Lipinski definition) is 1. The molecule has 0 aliphatic carbocycles. The number of sulfonamides is 1. The number of amides is 1. The van der Waals surface area contributed by atoms with Crippen molar-refractivity contribution >= 4 is 15.9 Å². The summed E-state index contributed by atoms with van der Waals surface area (Å²) in [4.78, 5) is 14.3. The van der Waals surface area contributed by atoms with Gasteiger partial charge in [-0.15, -0.1) is 0 Å². The molecule has 3 rings (SSSR count). The summed E-state index contributed by atoms with van der Waals surface area (Å²) in [5.74, 6) is -0.619. The Kier molecular flexibility index (Phi) is 4.85. The van der Waals surface area contributed by atoms with Crippen LogP contribution in [0.1, 0.15) is 23.4 Å². The Hall–Kier alpha value is -2.26. The minimum atomic E-state index is -3.85. The van der Waals surface area contributed by atoms with Gasteiger partial charge in [0.05, 0.1) is 11.4 Å². The summed E-state index contributed by atoms with van der Waals surface area (Å²) in [7, 11) is -2.18. The predicted molar refractivity (Wildman–Crippen MR) is 93.2 cm³/mol. The number of likely N-dealkylation sites (tertiary alicyclic amines) is 1. The molecular formula is C17H21FN4O3S. The van der Waals surface area contributed by atoms with Gasteiger partial charge < -0.3 is 4.90 Å². The van der Waals surface area contributed by atoms with Gasteiger partial charge in [-0.25, -0.2) is 12.8 Å². The number of carbonyl (C=O) groups excluding carboxylic acids is 1. The van der Waals surface area contributed by atoms with Gasteiger partial charge in [0.1, 0.15) is 16.8 Å². The summed E-state index contributed by atoms with van der Waals surface area (Å²) in [5, 5.41) is 4.12. The van der Waals surface area contributed by atoms with Crippen LogP contribution in [-0.2, 0) is 28.4 Å². The number of halogens is 1. The molecule has 0 radical (unpaired) electrons. The molecular weight excluding hydrogens is 359 g/mol. The van der Waals surface area contributed by atoms with Crippen molar-refractivity contribution in [2.24, 2.45) is 7.05 Å². The molecule has 0 bridgehead atoms. The minimum absolute atomic E-state index is 0.116. The zero-order valence-corrected chi connectivity index (χ0v) is 15.7. The van der Waals surface area contributed by atoms with Crippen molar-refractivity contribution in [2.45, 2.75) is 37.8 Å². The van der Waals surface area contributed by atoms with E-state index in [4.69, 9.17) is 0 Å². The third-order valence-electron chi connectivity index (χ3n) is 4.59. The van der Waals surface area contributed by atoms with Crippen LogP contribution in [0.15, 0.2) is 29.2 Å². The zero-order chi connectivity index (χ0) is 19.1. The van der Waals surface area contributed by atoms with Gasteiger partial charge in [0.25, 0.3) is 0 Å². The van der Waals surface area contributed by atoms with E-state index in [0.29, 0.717) is 30.9 Å². The monoisotopic (exact) mass is 380 g/mol. The summed E-state index contributed by atoms with van der Waals surface area (Å²) in [5.41, 5.74) is 1.71. The highest BCUT2D eigenvalue weighted by atomic mass is 32.2. The number of aryl methyl sites for hydroxylation is 2. The third kappa shape index (κ3) is 3.49. The van der Waals surface area contributed by atoms with E-state index in [1.165, 1.54) is 16.8 Å². The van der Waals surface area contributed by atoms with Gasteiger partial charge >= 0.3 is 0 Å². The van der Waals surface area contributed by atoms with Gasteiger partial charge in [-0.3, -0.25) is 9.48 Å². The van der Waals surface area contributed by atoms with Gasteiger partial charge in [0, 0.05) is 20.1 Å². The first-order valence-corrected chi connectivity index (χ1v) is 9.73. The molecule has 1 saturated heterocycles. The minimum Gasteiger partial charge on any atom is -0.337 e. The van der Waals surface area contributed by atoms with Crippen LogP contribution in [0.2, 0.25) is 0 Å². The molecule has 1 aliphatic heterocycles. The summed E-state index contributed by atoms with van der Waals surface area (Å²) in [6.07, 6.45) is 0.387. The summed E-state index contributed by atoms with van der Waals surface area (Å²) in [6, 6.07) is 5.10. The molecule has 1 fully saturated rings. The molecule has 1 aromatic heterocycles. The van der Waals surface area contributed by atoms with Crippen molar-refractivity contribution < 1.29 is 17.6 Å². The average Bonchev–Trinajstić information content (AvgIpc) is 3.02. The zero-order valence-electron chi connectivity index (χ0n) is 14.9. The van der Waals surface area contributed by atoms with Gasteiger partial charge in [-0.1, -0.05) is 12.1 Å². The fraction of sp³-hybridized carbons (Fsp3) is 0.412. The first-order chi connectivity index (χ1) is 12.2. The molecule has 1 aromatic carbocycles. The molecule has 2 aromatic rings. The molecule has 0 saturated carbocycles. The highest BCUT2D eigenvalue weighted by Gasteiger charge is 2.36. The third-order valence-corrected chi connectivity index (χ3v) is 6.32. The molecule has 140 valence electrons. The lowest BCUT2D eigenvalue weighted by atomic mass is 10.2. The van der Waals surface area contributed by atoms with Gasteiger partial charge in [0.15, 0.2) is 0 Å². The van der Waals surface area contributed by atoms with E-state index in [0.717, 1.165) is 5.56 Å². The molecule has 0 spiro atoms. The number of nitrogens with zero attached hydrogens (tertiary/aromatic N) is 3. The maximum Gasteiger partial charge on any atom is 0.244 e. The number of nitrogens with one attached hydrogen (secondary N) is 1. The van der Waals surface area contributed by atoms with E-state index < -0.39 is 16.1 Å². The van der Waals surface area contributed by atoms with Gasteiger partial charge in [-0.05, 0) is 38.0 Å². The highest BCUT2D eigenvalue weighted by molar-refractivity contribution is 7.89. The van der Waals surface area contributed by atoms with E-state index in [-0.39, 0.29) is 16.6 Å². The number of hydrogen-bond acceptors (Lipinski definition) is 4. The van der Waals surface area contributed by atoms with E-state index in [9.17, 15) is 17.6 Å². The smallest absolute Gasteiger partial charge is 0.244 e. The van der Waals surface area contributed by atoms with Crippen LogP contribution in [0, 0.1) is 19.7 Å². The maximum absolute atomic E-state index is 13.0. The highest BCUT2D eigenvalue weighted by Crippen LogP contribution is 2.22. The van der Waals surface area contributed by atoms with Crippen LogP contribution in [0.5, 0.6) is 0 Å². The summed E-state index contributed by atoms with van der Waals surface area (Å²) in [6.45, 7) is 4.06. The molecule has 7 nitrogen and oxygen atoms in total. The number of rotatable bonds is 5. The number of aromatic nitrogens is 2. The van der Waals surface area contributed by atoms with Crippen molar-refractivity contribution in [3.63, 3.8) is 0 Å². The quantitative estimate of drug-likeness (QED) is 0.846. The lowest BCUT2D eigenvalue weighted by molar-refractivity contribution is -0.129. The molecule has 26 heavy (non-hydrogen) atoms. The van der Waals surface area contributed by atoms with Crippen LogP contribution < -0.4 is 4.72 Å². The Morgan fingerprint density at radius 3 is 2.50 bits per heavy atom. The number of carbonyl (C=O) groups is 1. The fourth-order valence-electron chi connectivity index (χ4n) is 3.20. The first kappa shape index (κ1) is 18.5. The molecule has 1 aliphatic rings. The molecule has 9 heteroatoms. The van der Waals surface area contributed by atoms with E-state index in [1.54, 1.807) is 37.9 Å². The maximum atomic E-state index is 13.0. The second kappa shape index (κ2) is 6.81. The predicted octanol–water partition coefficient (Wildman–Crippen LogP) is 1.26. The average molecular weight is 380 g/mol. The van der Waals surface area contributed by atoms with Crippen LogP contribution in [0.3, 0.4) is 0 Å². The Balaban J connectivity index is 1.73. The Morgan fingerprint density at radius 1 is 1.27 bits per heavy atom. The molecule has 1 amide bonds. The Morgan fingerprint density at radius 2 is 1.92 bits per heavy atom. The normalized spacial score (nSPS) is 17.9. The SMILES string of the molecule is Cc1nn(C)c(C)c1S(=O)(=O)NC1CCN(Cc2ccc(F)cc2)C1=O. The molecule has 1 N–H and O–H groups in total. The van der Waals surface area contributed by atoms with E-state index >= 15 is 0 Å². The second-order valence-corrected chi connectivity index (χ2v) is 8.12. The second-order valence-electron chi connectivity index (χ2n) is 6.47. The van der Waals surface area contributed by atoms with Crippen molar-refractivity contribution in [1.82, 2.24) is 19.4 Å². The molecule has 2 heterocycles. The summed E-state index contributed by atoms with van der Waals surface area (Å²) >= 11 is 0. The van der Waals surface area contributed by atoms with Crippen molar-refractivity contribution in [1.29, 1.82) is 0 Å². The topological polar surface area (TPSA) is 84.3 Å². The van der Waals surface area contributed by atoms with Crippen LogP contribution in [0.4, 0.5) is 4.39 Å². The number of benzene rings is 1. The fourth-order valence-corrected chi connectivity index (χ4v) is 4.87.